The van der Waals surface area contributed by atoms with Crippen molar-refractivity contribution < 1.29 is 49.3 Å². The molecule has 72 heavy (non-hydrogen) atoms. The van der Waals surface area contributed by atoms with Crippen LogP contribution in [-0.4, -0.2) is 99.6 Å². The summed E-state index contributed by atoms with van der Waals surface area (Å²) >= 11 is 0. The number of hydrogen-bond donors (Lipinski definition) is 6. The van der Waals surface area contributed by atoms with E-state index in [-0.39, 0.29) is 19.4 Å². The van der Waals surface area contributed by atoms with E-state index in [4.69, 9.17) is 14.2 Å². The van der Waals surface area contributed by atoms with E-state index in [1.165, 1.54) is 44.9 Å². The first kappa shape index (κ1) is 66.1. The van der Waals surface area contributed by atoms with Crippen LogP contribution in [0.3, 0.4) is 0 Å². The van der Waals surface area contributed by atoms with Crippen LogP contribution in [0.1, 0.15) is 188 Å². The van der Waals surface area contributed by atoms with E-state index >= 15 is 0 Å². The Balaban J connectivity index is 2.82. The number of aliphatic hydroxyl groups excluding tert-OH is 5. The van der Waals surface area contributed by atoms with Crippen molar-refractivity contribution in [2.75, 3.05) is 13.2 Å². The van der Waals surface area contributed by atoms with Crippen LogP contribution in [0.15, 0.2) is 122 Å². The second-order valence-corrected chi connectivity index (χ2v) is 18.6. The molecule has 1 fully saturated rings. The van der Waals surface area contributed by atoms with Gasteiger partial charge in [0.1, 0.15) is 24.4 Å². The summed E-state index contributed by atoms with van der Waals surface area (Å²) in [4.78, 5) is 26.4. The van der Waals surface area contributed by atoms with Gasteiger partial charge in [-0.25, -0.2) is 0 Å². The number of ether oxygens (including phenoxy) is 3. The Kier molecular flexibility index (Phi) is 44.1. The lowest BCUT2D eigenvalue weighted by Gasteiger charge is -2.41. The average Bonchev–Trinajstić information content (AvgIpc) is 3.38. The Bertz CT molecular complexity index is 1630. The van der Waals surface area contributed by atoms with Crippen molar-refractivity contribution in [3.8, 4) is 0 Å². The van der Waals surface area contributed by atoms with Gasteiger partial charge in [-0.3, -0.25) is 9.59 Å². The Morgan fingerprint density at radius 3 is 1.64 bits per heavy atom. The standard InChI is InChI=1S/C61H99NO10/c1-4-7-10-13-16-19-22-25-27-29-30-33-36-39-42-45-48-54(65)60(69)62-52(53(64)47-44-41-38-35-32-24-21-18-15-12-9-6-3)51-70-61-59(58(68)57(67)55(50-63)71-61)72-56(66)49-46-43-40-37-34-31-28-26-23-20-17-14-11-8-5-2/h7-8,10-11,14,16-17,19-20,23,25-28,30,33,39,42,44,47,52-55,57-59,61,63-65,67-68H,4-6,9,12-13,15,18,21-22,24,29,31-32,34-38,40-41,43,45-46,48-51H2,1-3H3,(H,62,69)/b10-7-,11-8+,17-14+,19-16-,23-20+,27-25-,28-26-,33-30-,42-39-,47-44+. The number of esters is 1. The summed E-state index contributed by atoms with van der Waals surface area (Å²) < 4.78 is 17.5. The number of allylic oxidation sites excluding steroid dienone is 19. The second kappa shape index (κ2) is 48.0. The molecule has 1 aliphatic rings. The molecule has 0 aromatic heterocycles. The van der Waals surface area contributed by atoms with Gasteiger partial charge in [-0.15, -0.1) is 0 Å². The van der Waals surface area contributed by atoms with Crippen molar-refractivity contribution in [1.29, 1.82) is 0 Å². The molecule has 1 amide bonds. The van der Waals surface area contributed by atoms with Crippen LogP contribution in [0.2, 0.25) is 0 Å². The van der Waals surface area contributed by atoms with Gasteiger partial charge in [0, 0.05) is 6.42 Å². The quantitative estimate of drug-likeness (QED) is 0.0149. The van der Waals surface area contributed by atoms with Crippen molar-refractivity contribution in [1.82, 2.24) is 5.32 Å². The maximum Gasteiger partial charge on any atom is 0.306 e. The molecule has 0 bridgehead atoms. The molecule has 8 unspecified atom stereocenters. The predicted molar refractivity (Wildman–Crippen MR) is 296 cm³/mol. The highest BCUT2D eigenvalue weighted by Gasteiger charge is 2.47. The molecule has 408 valence electrons. The lowest BCUT2D eigenvalue weighted by Crippen LogP contribution is -2.61. The summed E-state index contributed by atoms with van der Waals surface area (Å²) in [7, 11) is 0. The predicted octanol–water partition coefficient (Wildman–Crippen LogP) is 12.3. The maximum atomic E-state index is 13.3. The molecular formula is C61H99NO10. The Labute approximate surface area is 436 Å². The number of hydrogen-bond acceptors (Lipinski definition) is 10. The van der Waals surface area contributed by atoms with Crippen molar-refractivity contribution >= 4 is 11.9 Å². The molecule has 11 heteroatoms. The van der Waals surface area contributed by atoms with E-state index in [0.29, 0.717) is 12.8 Å². The third kappa shape index (κ3) is 36.1. The normalized spacial score (nSPS) is 20.5. The first-order valence-corrected chi connectivity index (χ1v) is 27.9. The minimum atomic E-state index is -1.64. The minimum Gasteiger partial charge on any atom is -0.454 e. The van der Waals surface area contributed by atoms with Gasteiger partial charge in [-0.2, -0.15) is 0 Å². The topological polar surface area (TPSA) is 175 Å². The van der Waals surface area contributed by atoms with E-state index in [0.717, 1.165) is 96.3 Å². The molecule has 0 aromatic rings. The highest BCUT2D eigenvalue weighted by Crippen LogP contribution is 2.26. The van der Waals surface area contributed by atoms with Crippen LogP contribution >= 0.6 is 0 Å². The molecular weight excluding hydrogens is 907 g/mol. The fourth-order valence-electron chi connectivity index (χ4n) is 7.81. The molecule has 8 atom stereocenters. The number of carbonyl (C=O) groups is 2. The van der Waals surface area contributed by atoms with Crippen LogP contribution in [0.5, 0.6) is 0 Å². The minimum absolute atomic E-state index is 0.0832. The van der Waals surface area contributed by atoms with Crippen LogP contribution in [0, 0.1) is 0 Å². The summed E-state index contributed by atoms with van der Waals surface area (Å²) in [6.45, 7) is 5.45. The number of carbonyl (C=O) groups excluding carboxylic acids is 2. The molecule has 1 saturated heterocycles. The van der Waals surface area contributed by atoms with Gasteiger partial charge in [-0.1, -0.05) is 219 Å². The van der Waals surface area contributed by atoms with E-state index < -0.39 is 67.4 Å². The summed E-state index contributed by atoms with van der Waals surface area (Å²) in [6.07, 6.45) is 55.3. The molecule has 0 saturated carbocycles. The monoisotopic (exact) mass is 1010 g/mol. The number of amides is 1. The first-order valence-electron chi connectivity index (χ1n) is 27.9. The van der Waals surface area contributed by atoms with Gasteiger partial charge in [-0.05, 0) is 83.5 Å². The lowest BCUT2D eigenvalue weighted by molar-refractivity contribution is -0.305. The van der Waals surface area contributed by atoms with Gasteiger partial charge >= 0.3 is 5.97 Å². The van der Waals surface area contributed by atoms with E-state index in [2.05, 4.69) is 86.8 Å². The largest absolute Gasteiger partial charge is 0.454 e. The van der Waals surface area contributed by atoms with Crippen molar-refractivity contribution in [3.05, 3.63) is 122 Å². The van der Waals surface area contributed by atoms with E-state index in [9.17, 15) is 35.1 Å². The Hall–Kier alpha value is -3.94. The molecule has 0 radical (unpaired) electrons. The summed E-state index contributed by atoms with van der Waals surface area (Å²) in [5.41, 5.74) is 0. The van der Waals surface area contributed by atoms with E-state index in [1.54, 1.807) is 6.08 Å². The summed E-state index contributed by atoms with van der Waals surface area (Å²) in [5, 5.41) is 56.7. The molecule has 6 N–H and O–H groups in total. The average molecular weight is 1010 g/mol. The lowest BCUT2D eigenvalue weighted by atomic mass is 9.99. The third-order valence-corrected chi connectivity index (χ3v) is 12.2. The van der Waals surface area contributed by atoms with Crippen LogP contribution in [0.25, 0.3) is 0 Å². The summed E-state index contributed by atoms with van der Waals surface area (Å²) in [5.74, 6) is -1.29. The van der Waals surface area contributed by atoms with Crippen molar-refractivity contribution in [2.45, 2.75) is 237 Å². The molecule has 1 aliphatic heterocycles. The number of nitrogens with one attached hydrogen (secondary N) is 1. The molecule has 0 aromatic carbocycles. The van der Waals surface area contributed by atoms with Gasteiger partial charge in [0.15, 0.2) is 12.4 Å². The second-order valence-electron chi connectivity index (χ2n) is 18.6. The zero-order valence-electron chi connectivity index (χ0n) is 44.7. The summed E-state index contributed by atoms with van der Waals surface area (Å²) in [6, 6.07) is -1.07. The molecule has 11 nitrogen and oxygen atoms in total. The number of aliphatic hydroxyl groups is 5. The smallest absolute Gasteiger partial charge is 0.306 e. The van der Waals surface area contributed by atoms with Crippen LogP contribution < -0.4 is 5.32 Å². The fraction of sp³-hybridized carbons (Fsp3) is 0.639. The highest BCUT2D eigenvalue weighted by molar-refractivity contribution is 5.80. The van der Waals surface area contributed by atoms with Gasteiger partial charge in [0.05, 0.1) is 25.4 Å². The third-order valence-electron chi connectivity index (χ3n) is 12.2. The highest BCUT2D eigenvalue weighted by atomic mass is 16.7. The van der Waals surface area contributed by atoms with Gasteiger partial charge < -0.3 is 45.1 Å². The fourth-order valence-corrected chi connectivity index (χ4v) is 7.81. The van der Waals surface area contributed by atoms with E-state index in [1.807, 2.05) is 54.7 Å². The SMILES string of the molecule is CC/C=C\C/C=C\C/C=C\C/C=C\C/C=C\CCC(O)C(=O)NC(COC1OC(CO)C(O)C(O)C1OC(=O)CCCCCCC\C=C/C=C/C=C/C=C/CC)C(O)/C=C/CCCCCCCCCCCC. The van der Waals surface area contributed by atoms with Gasteiger partial charge in [0.2, 0.25) is 5.91 Å². The number of unbranched alkanes of at least 4 members (excludes halogenated alkanes) is 15. The number of rotatable bonds is 44. The van der Waals surface area contributed by atoms with Crippen molar-refractivity contribution in [2.24, 2.45) is 0 Å². The van der Waals surface area contributed by atoms with Gasteiger partial charge in [0.25, 0.3) is 0 Å². The zero-order valence-corrected chi connectivity index (χ0v) is 44.7. The zero-order chi connectivity index (χ0) is 52.5. The maximum absolute atomic E-state index is 13.3. The molecule has 0 aliphatic carbocycles. The molecule has 0 spiro atoms. The first-order chi connectivity index (χ1) is 35.2. The Morgan fingerprint density at radius 1 is 0.569 bits per heavy atom. The molecule has 1 rings (SSSR count). The van der Waals surface area contributed by atoms with Crippen molar-refractivity contribution in [3.63, 3.8) is 0 Å². The van der Waals surface area contributed by atoms with Crippen LogP contribution in [-0.2, 0) is 23.8 Å². The van der Waals surface area contributed by atoms with Crippen LogP contribution in [0.4, 0.5) is 0 Å². The molecule has 1 heterocycles. The Morgan fingerprint density at radius 2 is 1.07 bits per heavy atom.